The molecule has 1 aliphatic rings. The molecule has 4 nitrogen and oxygen atoms in total. The van der Waals surface area contributed by atoms with E-state index in [9.17, 15) is 4.79 Å². The highest BCUT2D eigenvalue weighted by Gasteiger charge is 2.37. The fraction of sp³-hybridized carbons (Fsp3) is 0.938. The highest BCUT2D eigenvalue weighted by atomic mass is 16.5. The van der Waals surface area contributed by atoms with Crippen molar-refractivity contribution in [1.82, 2.24) is 4.90 Å². The molecule has 0 saturated heterocycles. The maximum atomic E-state index is 11.7. The van der Waals surface area contributed by atoms with Crippen LogP contribution in [0, 0.1) is 17.3 Å². The first-order valence-corrected chi connectivity index (χ1v) is 7.85. The Hall–Kier alpha value is -0.610. The molecule has 1 fully saturated rings. The van der Waals surface area contributed by atoms with Crippen molar-refractivity contribution >= 4 is 5.97 Å². The molecule has 0 aromatic heterocycles. The second-order valence-corrected chi connectivity index (χ2v) is 7.16. The molecular formula is C16H32N2O2. The Bertz CT molecular complexity index is 312. The Balaban J connectivity index is 2.68. The minimum absolute atomic E-state index is 0.136. The molecule has 118 valence electrons. The maximum absolute atomic E-state index is 11.7. The molecular weight excluding hydrogens is 252 g/mol. The number of hydrogen-bond acceptors (Lipinski definition) is 4. The first kappa shape index (κ1) is 17.4. The number of likely N-dealkylation sites (N-methyl/N-ethyl adjacent to an activating group) is 1. The van der Waals surface area contributed by atoms with Crippen molar-refractivity contribution in [3.05, 3.63) is 0 Å². The zero-order valence-corrected chi connectivity index (χ0v) is 13.8. The molecule has 2 N–H and O–H groups in total. The second-order valence-electron chi connectivity index (χ2n) is 7.16. The van der Waals surface area contributed by atoms with E-state index >= 15 is 0 Å². The highest BCUT2D eigenvalue weighted by molar-refractivity contribution is 5.71. The van der Waals surface area contributed by atoms with Crippen LogP contribution in [0.15, 0.2) is 0 Å². The van der Waals surface area contributed by atoms with Gasteiger partial charge in [-0.1, -0.05) is 20.8 Å². The molecule has 0 aromatic carbocycles. The molecule has 0 amide bonds. The minimum atomic E-state index is -0.136. The van der Waals surface area contributed by atoms with Crippen LogP contribution in [-0.4, -0.2) is 43.7 Å². The zero-order valence-electron chi connectivity index (χ0n) is 13.8. The quantitative estimate of drug-likeness (QED) is 0.787. The van der Waals surface area contributed by atoms with Gasteiger partial charge in [-0.05, 0) is 57.0 Å². The Kier molecular flexibility index (Phi) is 6.46. The van der Waals surface area contributed by atoms with E-state index in [4.69, 9.17) is 10.5 Å². The molecule has 0 radical (unpaired) electrons. The van der Waals surface area contributed by atoms with Gasteiger partial charge in [0.1, 0.15) is 0 Å². The number of carbonyl (C=O) groups is 1. The van der Waals surface area contributed by atoms with E-state index in [-0.39, 0.29) is 5.97 Å². The predicted molar refractivity (Wildman–Crippen MR) is 82.4 cm³/mol. The number of carbonyl (C=O) groups excluding carboxylic acids is 1. The summed E-state index contributed by atoms with van der Waals surface area (Å²) in [6, 6.07) is 0.391. The summed E-state index contributed by atoms with van der Waals surface area (Å²) in [5.41, 5.74) is 6.25. The van der Waals surface area contributed by atoms with E-state index in [2.05, 4.69) is 25.7 Å². The lowest BCUT2D eigenvalue weighted by Crippen LogP contribution is -2.48. The predicted octanol–water partition coefficient (Wildman–Crippen LogP) is 2.27. The number of ether oxygens (including phenoxy) is 1. The maximum Gasteiger partial charge on any atom is 0.320 e. The fourth-order valence-corrected chi connectivity index (χ4v) is 3.34. The number of nitrogens with two attached hydrogens (primary N) is 1. The molecule has 0 aliphatic heterocycles. The normalized spacial score (nSPS) is 27.6. The lowest BCUT2D eigenvalue weighted by molar-refractivity contribution is -0.145. The molecule has 1 aliphatic carbocycles. The number of esters is 1. The van der Waals surface area contributed by atoms with Gasteiger partial charge in [0.2, 0.25) is 0 Å². The van der Waals surface area contributed by atoms with Crippen molar-refractivity contribution in [3.63, 3.8) is 0 Å². The molecule has 0 aromatic rings. The standard InChI is InChI=1S/C16H32N2O2/c1-6-20-15(19)11-18(5)14-9-13(16(2,3)4)8-7-12(14)10-17/h12-14H,6-11,17H2,1-5H3. The Morgan fingerprint density at radius 2 is 2.00 bits per heavy atom. The fourth-order valence-electron chi connectivity index (χ4n) is 3.34. The van der Waals surface area contributed by atoms with E-state index < -0.39 is 0 Å². The highest BCUT2D eigenvalue weighted by Crippen LogP contribution is 2.41. The molecule has 20 heavy (non-hydrogen) atoms. The summed E-state index contributed by atoms with van der Waals surface area (Å²) in [4.78, 5) is 13.8. The van der Waals surface area contributed by atoms with Crippen LogP contribution < -0.4 is 5.73 Å². The number of hydrogen-bond donors (Lipinski definition) is 1. The summed E-state index contributed by atoms with van der Waals surface area (Å²) in [7, 11) is 2.02. The van der Waals surface area contributed by atoms with Gasteiger partial charge < -0.3 is 10.5 Å². The van der Waals surface area contributed by atoms with E-state index in [0.29, 0.717) is 43.0 Å². The van der Waals surface area contributed by atoms with Gasteiger partial charge in [-0.15, -0.1) is 0 Å². The van der Waals surface area contributed by atoms with Gasteiger partial charge in [0.05, 0.1) is 13.2 Å². The van der Waals surface area contributed by atoms with Crippen LogP contribution in [0.4, 0.5) is 0 Å². The zero-order chi connectivity index (χ0) is 15.3. The van der Waals surface area contributed by atoms with E-state index in [0.717, 1.165) is 12.8 Å². The van der Waals surface area contributed by atoms with Gasteiger partial charge >= 0.3 is 5.97 Å². The molecule has 1 rings (SSSR count). The van der Waals surface area contributed by atoms with Crippen LogP contribution >= 0.6 is 0 Å². The van der Waals surface area contributed by atoms with Crippen molar-refractivity contribution in [3.8, 4) is 0 Å². The van der Waals surface area contributed by atoms with Crippen LogP contribution in [0.2, 0.25) is 0 Å². The van der Waals surface area contributed by atoms with Gasteiger partial charge in [-0.3, -0.25) is 9.69 Å². The van der Waals surface area contributed by atoms with Gasteiger partial charge in [-0.25, -0.2) is 0 Å². The second kappa shape index (κ2) is 7.41. The monoisotopic (exact) mass is 284 g/mol. The number of rotatable bonds is 5. The molecule has 3 atom stereocenters. The van der Waals surface area contributed by atoms with E-state index in [1.807, 2.05) is 14.0 Å². The molecule has 0 heterocycles. The third-order valence-electron chi connectivity index (χ3n) is 4.73. The topological polar surface area (TPSA) is 55.6 Å². The summed E-state index contributed by atoms with van der Waals surface area (Å²) in [5, 5.41) is 0. The first-order chi connectivity index (χ1) is 9.29. The van der Waals surface area contributed by atoms with Gasteiger partial charge in [0.15, 0.2) is 0 Å². The van der Waals surface area contributed by atoms with E-state index in [1.165, 1.54) is 6.42 Å². The van der Waals surface area contributed by atoms with Crippen LogP contribution in [0.1, 0.15) is 47.0 Å². The third-order valence-corrected chi connectivity index (χ3v) is 4.73. The van der Waals surface area contributed by atoms with Crippen molar-refractivity contribution in [2.24, 2.45) is 23.0 Å². The van der Waals surface area contributed by atoms with Crippen molar-refractivity contribution in [1.29, 1.82) is 0 Å². The van der Waals surface area contributed by atoms with Crippen LogP contribution in [0.5, 0.6) is 0 Å². The third kappa shape index (κ3) is 4.74. The number of nitrogens with zero attached hydrogens (tertiary/aromatic N) is 1. The van der Waals surface area contributed by atoms with Gasteiger partial charge in [0, 0.05) is 6.04 Å². The summed E-state index contributed by atoms with van der Waals surface area (Å²) in [6.45, 7) is 10.3. The van der Waals surface area contributed by atoms with E-state index in [1.54, 1.807) is 0 Å². The van der Waals surface area contributed by atoms with Crippen LogP contribution in [0.25, 0.3) is 0 Å². The molecule has 0 spiro atoms. The minimum Gasteiger partial charge on any atom is -0.465 e. The average molecular weight is 284 g/mol. The lowest BCUT2D eigenvalue weighted by Gasteiger charge is -2.44. The Morgan fingerprint density at radius 1 is 1.35 bits per heavy atom. The first-order valence-electron chi connectivity index (χ1n) is 7.85. The summed E-state index contributed by atoms with van der Waals surface area (Å²) in [5.74, 6) is 1.05. The lowest BCUT2D eigenvalue weighted by atomic mass is 9.67. The average Bonchev–Trinajstić information content (AvgIpc) is 2.37. The Morgan fingerprint density at radius 3 is 2.50 bits per heavy atom. The van der Waals surface area contributed by atoms with Gasteiger partial charge in [-0.2, -0.15) is 0 Å². The molecule has 0 bridgehead atoms. The Labute approximate surface area is 124 Å². The van der Waals surface area contributed by atoms with Crippen LogP contribution in [0.3, 0.4) is 0 Å². The molecule has 3 unspecified atom stereocenters. The molecule has 1 saturated carbocycles. The summed E-state index contributed by atoms with van der Waals surface area (Å²) < 4.78 is 5.05. The molecule has 4 heteroatoms. The smallest absolute Gasteiger partial charge is 0.320 e. The van der Waals surface area contributed by atoms with Crippen molar-refractivity contribution in [2.75, 3.05) is 26.7 Å². The SMILES string of the molecule is CCOC(=O)CN(C)C1CC(C(C)(C)C)CCC1CN. The van der Waals surface area contributed by atoms with Crippen molar-refractivity contribution in [2.45, 2.75) is 53.0 Å². The van der Waals surface area contributed by atoms with Gasteiger partial charge in [0.25, 0.3) is 0 Å². The van der Waals surface area contributed by atoms with Crippen LogP contribution in [-0.2, 0) is 9.53 Å². The largest absolute Gasteiger partial charge is 0.465 e. The summed E-state index contributed by atoms with van der Waals surface area (Å²) >= 11 is 0. The van der Waals surface area contributed by atoms with Crippen molar-refractivity contribution < 1.29 is 9.53 Å². The summed E-state index contributed by atoms with van der Waals surface area (Å²) in [6.07, 6.45) is 3.53.